The number of ketones is 1. The first kappa shape index (κ1) is 21.4. The number of carbonyl (C=O) groups excluding carboxylic acids is 2. The summed E-state index contributed by atoms with van der Waals surface area (Å²) in [4.78, 5) is 30.9. The van der Waals surface area contributed by atoms with Gasteiger partial charge in [0.15, 0.2) is 12.4 Å². The van der Waals surface area contributed by atoms with Gasteiger partial charge in [-0.05, 0) is 55.2 Å². The maximum absolute atomic E-state index is 12.9. The van der Waals surface area contributed by atoms with E-state index < -0.39 is 5.97 Å². The number of rotatable bonds is 6. The zero-order chi connectivity index (χ0) is 20.1. The molecule has 2 atom stereocenters. The van der Waals surface area contributed by atoms with Crippen LogP contribution in [-0.4, -0.2) is 29.0 Å². The molecule has 2 unspecified atom stereocenters. The number of allylic oxidation sites excluding steroid dienone is 2. The lowest BCUT2D eigenvalue weighted by molar-refractivity contribution is -0.137. The van der Waals surface area contributed by atoms with E-state index in [0.717, 1.165) is 17.1 Å². The first-order valence-corrected chi connectivity index (χ1v) is 11.7. The van der Waals surface area contributed by atoms with Crippen molar-refractivity contribution in [3.8, 4) is 0 Å². The van der Waals surface area contributed by atoms with E-state index in [4.69, 9.17) is 21.2 Å². The number of esters is 1. The number of thioether (sulfide) groups is 1. The van der Waals surface area contributed by atoms with Crippen LogP contribution < -0.4 is 0 Å². The molecule has 0 N–H and O–H groups in total. The Morgan fingerprint density at radius 2 is 2.11 bits per heavy atom. The van der Waals surface area contributed by atoms with Gasteiger partial charge in [-0.15, -0.1) is 11.3 Å². The number of hydrogen-bond acceptors (Lipinski definition) is 7. The number of halogens is 1. The molecule has 0 aromatic carbocycles. The summed E-state index contributed by atoms with van der Waals surface area (Å²) in [5, 5.41) is 4.10. The van der Waals surface area contributed by atoms with Gasteiger partial charge in [-0.1, -0.05) is 16.8 Å². The minimum absolute atomic E-state index is 0.0212. The van der Waals surface area contributed by atoms with Crippen molar-refractivity contribution in [2.24, 2.45) is 17.0 Å². The van der Waals surface area contributed by atoms with E-state index in [9.17, 15) is 9.59 Å². The molecule has 0 saturated carbocycles. The molecule has 0 spiro atoms. The summed E-state index contributed by atoms with van der Waals surface area (Å²) in [5.74, 6) is 2.97. The SMILES string of the molecule is CC(=O)OC1=C(C(C)=NOCc2ccc(Cl)s2)C(=O)CC(C2CCCSC2)C1. The van der Waals surface area contributed by atoms with Crippen molar-refractivity contribution in [2.75, 3.05) is 11.5 Å². The fourth-order valence-corrected chi connectivity index (χ4v) is 5.99. The van der Waals surface area contributed by atoms with E-state index in [1.165, 1.54) is 30.4 Å². The average molecular weight is 442 g/mol. The Morgan fingerprint density at radius 1 is 1.29 bits per heavy atom. The lowest BCUT2D eigenvalue weighted by Gasteiger charge is -2.33. The summed E-state index contributed by atoms with van der Waals surface area (Å²) >= 11 is 9.28. The molecule has 152 valence electrons. The van der Waals surface area contributed by atoms with Gasteiger partial charge in [-0.25, -0.2) is 0 Å². The molecule has 1 fully saturated rings. The molecule has 1 aromatic rings. The first-order chi connectivity index (χ1) is 13.4. The van der Waals surface area contributed by atoms with E-state index in [1.54, 1.807) is 13.0 Å². The highest BCUT2D eigenvalue weighted by atomic mass is 35.5. The van der Waals surface area contributed by atoms with Crippen LogP contribution in [0.2, 0.25) is 4.34 Å². The second-order valence-corrected chi connectivity index (χ2v) is 10.1. The van der Waals surface area contributed by atoms with Crippen LogP contribution in [0.5, 0.6) is 0 Å². The molecule has 8 heteroatoms. The number of oxime groups is 1. The Hall–Kier alpha value is -1.31. The monoisotopic (exact) mass is 441 g/mol. The quantitative estimate of drug-likeness (QED) is 0.343. The molecule has 0 amide bonds. The maximum atomic E-state index is 12.9. The van der Waals surface area contributed by atoms with Gasteiger partial charge >= 0.3 is 5.97 Å². The van der Waals surface area contributed by atoms with Crippen molar-refractivity contribution >= 4 is 52.2 Å². The second-order valence-electron chi connectivity index (χ2n) is 7.12. The molecule has 0 bridgehead atoms. The molecule has 5 nitrogen and oxygen atoms in total. The summed E-state index contributed by atoms with van der Waals surface area (Å²) < 4.78 is 6.13. The molecular weight excluding hydrogens is 418 g/mol. The summed E-state index contributed by atoms with van der Waals surface area (Å²) in [7, 11) is 0. The summed E-state index contributed by atoms with van der Waals surface area (Å²) in [6, 6.07) is 3.68. The third kappa shape index (κ3) is 5.61. The predicted molar refractivity (Wildman–Crippen MR) is 114 cm³/mol. The summed E-state index contributed by atoms with van der Waals surface area (Å²) in [5.41, 5.74) is 0.833. The molecule has 28 heavy (non-hydrogen) atoms. The predicted octanol–water partition coefficient (Wildman–Crippen LogP) is 5.23. The van der Waals surface area contributed by atoms with E-state index >= 15 is 0 Å². The number of thiophene rings is 1. The minimum atomic E-state index is -0.416. The third-order valence-corrected chi connectivity index (χ3v) is 7.43. The zero-order valence-electron chi connectivity index (χ0n) is 16.0. The topological polar surface area (TPSA) is 65.0 Å². The Morgan fingerprint density at radius 3 is 2.75 bits per heavy atom. The van der Waals surface area contributed by atoms with Crippen LogP contribution in [0.3, 0.4) is 0 Å². The second kappa shape index (κ2) is 9.94. The highest BCUT2D eigenvalue weighted by Crippen LogP contribution is 2.39. The van der Waals surface area contributed by atoms with Gasteiger partial charge < -0.3 is 9.57 Å². The number of nitrogens with zero attached hydrogens (tertiary/aromatic N) is 1. The van der Waals surface area contributed by atoms with Gasteiger partial charge in [0.2, 0.25) is 0 Å². The van der Waals surface area contributed by atoms with Crippen molar-refractivity contribution in [3.05, 3.63) is 32.7 Å². The van der Waals surface area contributed by atoms with Crippen LogP contribution in [0.25, 0.3) is 0 Å². The fourth-order valence-electron chi connectivity index (χ4n) is 3.72. The van der Waals surface area contributed by atoms with Crippen LogP contribution in [0.4, 0.5) is 0 Å². The van der Waals surface area contributed by atoms with Crippen LogP contribution >= 0.6 is 34.7 Å². The van der Waals surface area contributed by atoms with Gasteiger partial charge in [-0.2, -0.15) is 11.8 Å². The molecule has 1 aromatic heterocycles. The molecule has 1 aliphatic heterocycles. The molecule has 2 aliphatic rings. The van der Waals surface area contributed by atoms with Gasteiger partial charge in [0, 0.05) is 24.6 Å². The Labute approximate surface area is 178 Å². The number of ether oxygens (including phenoxy) is 1. The van der Waals surface area contributed by atoms with Gasteiger partial charge in [0.05, 0.1) is 15.6 Å². The standard InChI is InChI=1S/C20H24ClNO4S2/c1-12(22-25-10-16-5-6-19(21)28-16)20-17(24)8-15(9-18(20)26-13(2)23)14-4-3-7-27-11-14/h5-6,14-15H,3-4,7-11H2,1-2H3. The average Bonchev–Trinajstić information content (AvgIpc) is 3.06. The fraction of sp³-hybridized carbons (Fsp3) is 0.550. The summed E-state index contributed by atoms with van der Waals surface area (Å²) in [6.07, 6.45) is 3.38. The molecule has 1 saturated heterocycles. The lowest BCUT2D eigenvalue weighted by atomic mass is 9.77. The maximum Gasteiger partial charge on any atom is 0.307 e. The van der Waals surface area contributed by atoms with Gasteiger partial charge in [0.1, 0.15) is 5.76 Å². The molecular formula is C20H24ClNO4S2. The van der Waals surface area contributed by atoms with Crippen LogP contribution in [0, 0.1) is 11.8 Å². The van der Waals surface area contributed by atoms with Crippen molar-refractivity contribution in [1.82, 2.24) is 0 Å². The number of Topliss-reactive ketones (excluding diaryl/α,β-unsaturated/α-hetero) is 1. The molecule has 1 aliphatic carbocycles. The highest BCUT2D eigenvalue weighted by Gasteiger charge is 2.35. The third-order valence-electron chi connectivity index (χ3n) is 4.98. The highest BCUT2D eigenvalue weighted by molar-refractivity contribution is 7.99. The Kier molecular flexibility index (Phi) is 7.60. The Balaban J connectivity index is 1.75. The van der Waals surface area contributed by atoms with E-state index in [1.807, 2.05) is 17.8 Å². The summed E-state index contributed by atoms with van der Waals surface area (Å²) in [6.45, 7) is 3.36. The largest absolute Gasteiger partial charge is 0.430 e. The van der Waals surface area contributed by atoms with Crippen LogP contribution in [0.1, 0.15) is 44.4 Å². The Bertz CT molecular complexity index is 796. The number of hydrogen-bond donors (Lipinski definition) is 0. The lowest BCUT2D eigenvalue weighted by Crippen LogP contribution is -2.31. The van der Waals surface area contributed by atoms with Crippen LogP contribution in [0.15, 0.2) is 28.6 Å². The van der Waals surface area contributed by atoms with E-state index in [2.05, 4.69) is 5.16 Å². The first-order valence-electron chi connectivity index (χ1n) is 9.37. The van der Waals surface area contributed by atoms with Gasteiger partial charge in [-0.3, -0.25) is 9.59 Å². The normalized spacial score (nSPS) is 23.7. The molecule has 0 radical (unpaired) electrons. The number of carbonyl (C=O) groups is 2. The van der Waals surface area contributed by atoms with E-state index in [-0.39, 0.29) is 18.3 Å². The van der Waals surface area contributed by atoms with Crippen molar-refractivity contribution < 1.29 is 19.2 Å². The smallest absolute Gasteiger partial charge is 0.307 e. The van der Waals surface area contributed by atoms with E-state index in [0.29, 0.717) is 40.1 Å². The molecule has 2 heterocycles. The van der Waals surface area contributed by atoms with Crippen LogP contribution in [-0.2, 0) is 25.8 Å². The van der Waals surface area contributed by atoms with Gasteiger partial charge in [0.25, 0.3) is 0 Å². The van der Waals surface area contributed by atoms with Crippen molar-refractivity contribution in [1.29, 1.82) is 0 Å². The molecule has 3 rings (SSSR count). The van der Waals surface area contributed by atoms with Crippen molar-refractivity contribution in [2.45, 2.75) is 46.1 Å². The van der Waals surface area contributed by atoms with Crippen molar-refractivity contribution in [3.63, 3.8) is 0 Å². The minimum Gasteiger partial charge on any atom is -0.430 e. The zero-order valence-corrected chi connectivity index (χ0v) is 18.4.